The van der Waals surface area contributed by atoms with Gasteiger partial charge < -0.3 is 11.1 Å². The van der Waals surface area contributed by atoms with E-state index in [0.717, 1.165) is 19.3 Å². The zero-order valence-corrected chi connectivity index (χ0v) is 11.0. The van der Waals surface area contributed by atoms with Crippen molar-refractivity contribution in [2.75, 3.05) is 0 Å². The molecule has 0 aromatic heterocycles. The number of nitrogens with two attached hydrogens (primary N) is 1. The molecule has 2 rings (SSSR count). The fourth-order valence-electron chi connectivity index (χ4n) is 3.40. The third-order valence-electron chi connectivity index (χ3n) is 4.63. The molecule has 2 aliphatic carbocycles. The lowest BCUT2D eigenvalue weighted by molar-refractivity contribution is -0.126. The van der Waals surface area contributed by atoms with E-state index in [9.17, 15) is 4.79 Å². The number of hydrogen-bond donors (Lipinski definition) is 2. The van der Waals surface area contributed by atoms with Crippen molar-refractivity contribution in [1.29, 1.82) is 0 Å². The molecule has 1 amide bonds. The molecule has 2 saturated carbocycles. The lowest BCUT2D eigenvalue weighted by Crippen LogP contribution is -2.45. The van der Waals surface area contributed by atoms with Gasteiger partial charge in [0.25, 0.3) is 0 Å². The predicted octanol–water partition coefficient (Wildman–Crippen LogP) is 2.20. The van der Waals surface area contributed by atoms with Crippen molar-refractivity contribution in [3.05, 3.63) is 0 Å². The van der Waals surface area contributed by atoms with Gasteiger partial charge in [-0.3, -0.25) is 4.79 Å². The molecule has 3 atom stereocenters. The molecule has 0 aromatic rings. The van der Waals surface area contributed by atoms with E-state index in [2.05, 4.69) is 12.2 Å². The van der Waals surface area contributed by atoms with Crippen molar-refractivity contribution in [3.8, 4) is 0 Å². The van der Waals surface area contributed by atoms with E-state index in [1.807, 2.05) is 0 Å². The summed E-state index contributed by atoms with van der Waals surface area (Å²) in [7, 11) is 0. The monoisotopic (exact) mass is 238 g/mol. The van der Waals surface area contributed by atoms with Crippen LogP contribution in [0.4, 0.5) is 0 Å². The molecule has 0 bridgehead atoms. The minimum atomic E-state index is 0.0704. The molecule has 2 fully saturated rings. The molecule has 98 valence electrons. The van der Waals surface area contributed by atoms with Crippen molar-refractivity contribution >= 4 is 5.91 Å². The maximum Gasteiger partial charge on any atom is 0.224 e. The molecule has 0 aromatic carbocycles. The summed E-state index contributed by atoms with van der Waals surface area (Å²) >= 11 is 0. The lowest BCUT2D eigenvalue weighted by Gasteiger charge is -2.29. The Morgan fingerprint density at radius 2 is 1.82 bits per heavy atom. The van der Waals surface area contributed by atoms with E-state index in [0.29, 0.717) is 12.0 Å². The van der Waals surface area contributed by atoms with Crippen LogP contribution < -0.4 is 11.1 Å². The standard InChI is InChI=1S/C14H26N2O/c1-10(11-6-3-2-4-7-11)16-14(17)12-8-5-9-13(12)15/h10-13H,2-9,15H2,1H3,(H,16,17)/t10-,12?,13?/m0/s1. The molecule has 0 spiro atoms. The van der Waals surface area contributed by atoms with Crippen LogP contribution >= 0.6 is 0 Å². The van der Waals surface area contributed by atoms with Crippen LogP contribution in [0.5, 0.6) is 0 Å². The highest BCUT2D eigenvalue weighted by Crippen LogP contribution is 2.28. The molecule has 17 heavy (non-hydrogen) atoms. The van der Waals surface area contributed by atoms with Gasteiger partial charge in [0.1, 0.15) is 0 Å². The Labute approximate surface area is 105 Å². The summed E-state index contributed by atoms with van der Waals surface area (Å²) in [6.07, 6.45) is 9.67. The average molecular weight is 238 g/mol. The summed E-state index contributed by atoms with van der Waals surface area (Å²) < 4.78 is 0. The highest BCUT2D eigenvalue weighted by atomic mass is 16.2. The normalized spacial score (nSPS) is 32.4. The third-order valence-corrected chi connectivity index (χ3v) is 4.63. The number of rotatable bonds is 3. The first-order chi connectivity index (χ1) is 8.18. The predicted molar refractivity (Wildman–Crippen MR) is 69.5 cm³/mol. The van der Waals surface area contributed by atoms with Gasteiger partial charge in [0.05, 0.1) is 5.92 Å². The first kappa shape index (κ1) is 12.9. The van der Waals surface area contributed by atoms with Crippen molar-refractivity contribution in [2.24, 2.45) is 17.6 Å². The van der Waals surface area contributed by atoms with Gasteiger partial charge in [-0.15, -0.1) is 0 Å². The summed E-state index contributed by atoms with van der Waals surface area (Å²) in [5, 5.41) is 3.20. The zero-order valence-electron chi connectivity index (χ0n) is 11.0. The maximum absolute atomic E-state index is 12.1. The summed E-state index contributed by atoms with van der Waals surface area (Å²) in [6, 6.07) is 0.421. The molecule has 2 unspecified atom stereocenters. The first-order valence-electron chi connectivity index (χ1n) is 7.24. The van der Waals surface area contributed by atoms with E-state index in [4.69, 9.17) is 5.73 Å². The van der Waals surface area contributed by atoms with Crippen molar-refractivity contribution in [2.45, 2.75) is 70.4 Å². The van der Waals surface area contributed by atoms with E-state index < -0.39 is 0 Å². The van der Waals surface area contributed by atoms with Gasteiger partial charge in [0, 0.05) is 12.1 Å². The van der Waals surface area contributed by atoms with Crippen molar-refractivity contribution < 1.29 is 4.79 Å². The summed E-state index contributed by atoms with van der Waals surface area (Å²) in [5.41, 5.74) is 5.97. The lowest BCUT2D eigenvalue weighted by atomic mass is 9.84. The highest BCUT2D eigenvalue weighted by Gasteiger charge is 2.32. The zero-order chi connectivity index (χ0) is 12.3. The minimum Gasteiger partial charge on any atom is -0.353 e. The molecule has 0 heterocycles. The van der Waals surface area contributed by atoms with Gasteiger partial charge in [-0.1, -0.05) is 25.7 Å². The molecule has 3 nitrogen and oxygen atoms in total. The Morgan fingerprint density at radius 1 is 1.12 bits per heavy atom. The Bertz CT molecular complexity index is 261. The van der Waals surface area contributed by atoms with Crippen molar-refractivity contribution in [1.82, 2.24) is 5.32 Å². The van der Waals surface area contributed by atoms with Crippen molar-refractivity contribution in [3.63, 3.8) is 0 Å². The van der Waals surface area contributed by atoms with E-state index in [-0.39, 0.29) is 17.9 Å². The van der Waals surface area contributed by atoms with Crippen LogP contribution in [0.1, 0.15) is 58.3 Å². The fraction of sp³-hybridized carbons (Fsp3) is 0.929. The number of hydrogen-bond acceptors (Lipinski definition) is 2. The van der Waals surface area contributed by atoms with E-state index in [1.165, 1.54) is 32.1 Å². The second kappa shape index (κ2) is 5.85. The molecular formula is C14H26N2O. The second-order valence-corrected chi connectivity index (χ2v) is 5.90. The molecule has 3 heteroatoms. The van der Waals surface area contributed by atoms with Crippen LogP contribution in [0.3, 0.4) is 0 Å². The largest absolute Gasteiger partial charge is 0.353 e. The van der Waals surface area contributed by atoms with Crippen LogP contribution in [-0.2, 0) is 4.79 Å². The smallest absolute Gasteiger partial charge is 0.224 e. The second-order valence-electron chi connectivity index (χ2n) is 5.90. The number of amides is 1. The SMILES string of the molecule is C[C@H](NC(=O)C1CCCC1N)C1CCCCC1. The average Bonchev–Trinajstić information content (AvgIpc) is 2.76. The van der Waals surface area contributed by atoms with Crippen LogP contribution in [0.25, 0.3) is 0 Å². The Kier molecular flexibility index (Phi) is 4.43. The Morgan fingerprint density at radius 3 is 2.41 bits per heavy atom. The number of nitrogens with one attached hydrogen (secondary N) is 1. The first-order valence-corrected chi connectivity index (χ1v) is 7.24. The fourth-order valence-corrected chi connectivity index (χ4v) is 3.40. The number of carbonyl (C=O) groups excluding carboxylic acids is 1. The summed E-state index contributed by atoms with van der Waals surface area (Å²) in [5.74, 6) is 0.958. The van der Waals surface area contributed by atoms with E-state index in [1.54, 1.807) is 0 Å². The van der Waals surface area contributed by atoms with Gasteiger partial charge in [-0.25, -0.2) is 0 Å². The molecule has 0 aliphatic heterocycles. The van der Waals surface area contributed by atoms with Gasteiger partial charge >= 0.3 is 0 Å². The summed E-state index contributed by atoms with van der Waals surface area (Å²) in [6.45, 7) is 2.16. The van der Waals surface area contributed by atoms with Crippen LogP contribution in [-0.4, -0.2) is 18.0 Å². The maximum atomic E-state index is 12.1. The van der Waals surface area contributed by atoms with Gasteiger partial charge in [-0.2, -0.15) is 0 Å². The van der Waals surface area contributed by atoms with Crippen LogP contribution in [0.2, 0.25) is 0 Å². The Hall–Kier alpha value is -0.570. The Balaban J connectivity index is 1.80. The third kappa shape index (κ3) is 3.21. The summed E-state index contributed by atoms with van der Waals surface area (Å²) in [4.78, 5) is 12.1. The molecule has 2 aliphatic rings. The molecule has 0 saturated heterocycles. The van der Waals surface area contributed by atoms with Gasteiger partial charge in [-0.05, 0) is 38.5 Å². The highest BCUT2D eigenvalue weighted by molar-refractivity contribution is 5.80. The van der Waals surface area contributed by atoms with Gasteiger partial charge in [0.15, 0.2) is 0 Å². The molecular weight excluding hydrogens is 212 g/mol. The quantitative estimate of drug-likeness (QED) is 0.792. The van der Waals surface area contributed by atoms with Crippen LogP contribution in [0, 0.1) is 11.8 Å². The minimum absolute atomic E-state index is 0.0704. The number of carbonyl (C=O) groups is 1. The molecule has 0 radical (unpaired) electrons. The van der Waals surface area contributed by atoms with Gasteiger partial charge in [0.2, 0.25) is 5.91 Å². The topological polar surface area (TPSA) is 55.1 Å². The van der Waals surface area contributed by atoms with Crippen LogP contribution in [0.15, 0.2) is 0 Å². The van der Waals surface area contributed by atoms with E-state index >= 15 is 0 Å². The molecule has 3 N–H and O–H groups in total.